The Labute approximate surface area is 131 Å². The van der Waals surface area contributed by atoms with E-state index in [-0.39, 0.29) is 12.3 Å². The van der Waals surface area contributed by atoms with Gasteiger partial charge in [0.05, 0.1) is 13.5 Å². The number of nitrogens with one attached hydrogen (secondary N) is 1. The maximum atomic E-state index is 12.1. The maximum Gasteiger partial charge on any atom is 0.333 e. The smallest absolute Gasteiger partial charge is 0.333 e. The van der Waals surface area contributed by atoms with Crippen LogP contribution in [0, 0.1) is 0 Å². The highest BCUT2D eigenvalue weighted by atomic mass is 35.5. The lowest BCUT2D eigenvalue weighted by Crippen LogP contribution is -2.35. The van der Waals surface area contributed by atoms with Crippen molar-refractivity contribution in [2.75, 3.05) is 7.11 Å². The SMILES string of the molecule is COC(=O)C(NC(=O)Cc1cccs1)c1ccccc1Cl. The minimum atomic E-state index is -0.906. The van der Waals surface area contributed by atoms with Gasteiger partial charge in [-0.15, -0.1) is 11.3 Å². The zero-order valence-electron chi connectivity index (χ0n) is 11.3. The molecule has 0 radical (unpaired) electrons. The van der Waals surface area contributed by atoms with E-state index >= 15 is 0 Å². The van der Waals surface area contributed by atoms with Gasteiger partial charge in [0, 0.05) is 15.5 Å². The fourth-order valence-electron chi connectivity index (χ4n) is 1.87. The molecule has 4 nitrogen and oxygen atoms in total. The van der Waals surface area contributed by atoms with Gasteiger partial charge in [0.1, 0.15) is 0 Å². The second kappa shape index (κ2) is 7.24. The van der Waals surface area contributed by atoms with Crippen molar-refractivity contribution in [3.05, 3.63) is 57.2 Å². The number of carbonyl (C=O) groups is 2. The quantitative estimate of drug-likeness (QED) is 0.861. The molecule has 0 spiro atoms. The predicted octanol–water partition coefficient (Wildman–Crippen LogP) is 2.97. The number of hydrogen-bond donors (Lipinski definition) is 1. The van der Waals surface area contributed by atoms with Crippen LogP contribution in [0.3, 0.4) is 0 Å². The summed E-state index contributed by atoms with van der Waals surface area (Å²) in [6.07, 6.45) is 0.218. The minimum absolute atomic E-state index is 0.218. The lowest BCUT2D eigenvalue weighted by molar-refractivity contribution is -0.145. The molecule has 0 aliphatic rings. The highest BCUT2D eigenvalue weighted by Gasteiger charge is 2.25. The van der Waals surface area contributed by atoms with Gasteiger partial charge >= 0.3 is 5.97 Å². The first kappa shape index (κ1) is 15.5. The molecule has 1 aromatic carbocycles. The van der Waals surface area contributed by atoms with E-state index < -0.39 is 12.0 Å². The molecule has 1 unspecified atom stereocenters. The molecular formula is C15H14ClNO3S. The van der Waals surface area contributed by atoms with Crippen LogP contribution in [0.15, 0.2) is 41.8 Å². The molecule has 0 fully saturated rings. The second-order valence-corrected chi connectivity index (χ2v) is 5.74. The topological polar surface area (TPSA) is 55.4 Å². The Morgan fingerprint density at radius 1 is 1.29 bits per heavy atom. The number of carbonyl (C=O) groups excluding carboxylic acids is 2. The maximum absolute atomic E-state index is 12.1. The van der Waals surface area contributed by atoms with Gasteiger partial charge < -0.3 is 10.1 Å². The van der Waals surface area contributed by atoms with E-state index in [1.165, 1.54) is 18.4 Å². The van der Waals surface area contributed by atoms with Gasteiger partial charge in [-0.2, -0.15) is 0 Å². The summed E-state index contributed by atoms with van der Waals surface area (Å²) in [6, 6.07) is 9.70. The highest BCUT2D eigenvalue weighted by molar-refractivity contribution is 7.10. The molecule has 1 atom stereocenters. The summed E-state index contributed by atoms with van der Waals surface area (Å²) in [7, 11) is 1.28. The Kier molecular flexibility index (Phi) is 5.36. The summed E-state index contributed by atoms with van der Waals surface area (Å²) in [6.45, 7) is 0. The Morgan fingerprint density at radius 3 is 2.67 bits per heavy atom. The van der Waals surface area contributed by atoms with Crippen LogP contribution in [0.4, 0.5) is 0 Å². The molecule has 2 aromatic rings. The molecule has 6 heteroatoms. The predicted molar refractivity (Wildman–Crippen MR) is 82.4 cm³/mol. The van der Waals surface area contributed by atoms with Gasteiger partial charge in [-0.25, -0.2) is 4.79 Å². The summed E-state index contributed by atoms with van der Waals surface area (Å²) < 4.78 is 4.75. The number of methoxy groups -OCH3 is 1. The van der Waals surface area contributed by atoms with Crippen molar-refractivity contribution < 1.29 is 14.3 Å². The first-order valence-electron chi connectivity index (χ1n) is 6.26. The van der Waals surface area contributed by atoms with E-state index in [0.717, 1.165) is 4.88 Å². The molecule has 21 heavy (non-hydrogen) atoms. The normalized spacial score (nSPS) is 11.7. The van der Waals surface area contributed by atoms with Crippen molar-refractivity contribution in [1.82, 2.24) is 5.32 Å². The Morgan fingerprint density at radius 2 is 2.05 bits per heavy atom. The van der Waals surface area contributed by atoms with E-state index in [1.54, 1.807) is 24.3 Å². The van der Waals surface area contributed by atoms with Crippen LogP contribution < -0.4 is 5.32 Å². The summed E-state index contributed by atoms with van der Waals surface area (Å²) in [4.78, 5) is 24.9. The average Bonchev–Trinajstić information content (AvgIpc) is 2.97. The van der Waals surface area contributed by atoms with Crippen molar-refractivity contribution in [1.29, 1.82) is 0 Å². The third-order valence-electron chi connectivity index (χ3n) is 2.87. The van der Waals surface area contributed by atoms with Gasteiger partial charge in [-0.3, -0.25) is 4.79 Å². The first-order valence-corrected chi connectivity index (χ1v) is 7.51. The van der Waals surface area contributed by atoms with Gasteiger partial charge in [0.15, 0.2) is 6.04 Å². The zero-order valence-corrected chi connectivity index (χ0v) is 12.9. The van der Waals surface area contributed by atoms with E-state index in [2.05, 4.69) is 5.32 Å². The number of halogens is 1. The van der Waals surface area contributed by atoms with Crippen LogP contribution in [0.5, 0.6) is 0 Å². The van der Waals surface area contributed by atoms with Crippen molar-refractivity contribution in [2.24, 2.45) is 0 Å². The molecule has 110 valence electrons. The molecular weight excluding hydrogens is 310 g/mol. The fraction of sp³-hybridized carbons (Fsp3) is 0.200. The average molecular weight is 324 g/mol. The molecule has 0 aliphatic carbocycles. The van der Waals surface area contributed by atoms with E-state index in [9.17, 15) is 9.59 Å². The number of rotatable bonds is 5. The summed E-state index contributed by atoms with van der Waals surface area (Å²) in [5.41, 5.74) is 0.519. The number of amides is 1. The van der Waals surface area contributed by atoms with Crippen LogP contribution >= 0.6 is 22.9 Å². The molecule has 1 heterocycles. The molecule has 0 saturated heterocycles. The standard InChI is InChI=1S/C15H14ClNO3S/c1-20-15(19)14(11-6-2-3-7-12(11)16)17-13(18)9-10-5-4-8-21-10/h2-8,14H,9H2,1H3,(H,17,18). The van der Waals surface area contributed by atoms with Crippen LogP contribution in [0.1, 0.15) is 16.5 Å². The van der Waals surface area contributed by atoms with Gasteiger partial charge in [-0.1, -0.05) is 35.9 Å². The number of benzene rings is 1. The molecule has 0 bridgehead atoms. The van der Waals surface area contributed by atoms with Crippen LogP contribution in [0.2, 0.25) is 5.02 Å². The zero-order chi connectivity index (χ0) is 15.2. The molecule has 2 rings (SSSR count). The van der Waals surface area contributed by atoms with Gasteiger partial charge in [0.25, 0.3) is 0 Å². The van der Waals surface area contributed by atoms with Crippen LogP contribution in [-0.4, -0.2) is 19.0 Å². The van der Waals surface area contributed by atoms with Crippen molar-refractivity contribution in [3.8, 4) is 0 Å². The van der Waals surface area contributed by atoms with E-state index in [0.29, 0.717) is 10.6 Å². The molecule has 1 aromatic heterocycles. The second-order valence-electron chi connectivity index (χ2n) is 4.30. The first-order chi connectivity index (χ1) is 10.1. The van der Waals surface area contributed by atoms with Gasteiger partial charge in [-0.05, 0) is 17.5 Å². The lowest BCUT2D eigenvalue weighted by Gasteiger charge is -2.17. The largest absolute Gasteiger partial charge is 0.467 e. The Bertz CT molecular complexity index is 628. The van der Waals surface area contributed by atoms with Gasteiger partial charge in [0.2, 0.25) is 5.91 Å². The third kappa shape index (κ3) is 4.06. The summed E-state index contributed by atoms with van der Waals surface area (Å²) >= 11 is 7.58. The molecule has 0 saturated carbocycles. The monoisotopic (exact) mass is 323 g/mol. The van der Waals surface area contributed by atoms with Crippen molar-refractivity contribution in [3.63, 3.8) is 0 Å². The van der Waals surface area contributed by atoms with E-state index in [4.69, 9.17) is 16.3 Å². The molecule has 1 amide bonds. The summed E-state index contributed by atoms with van der Waals surface area (Å²) in [5, 5.41) is 4.98. The van der Waals surface area contributed by atoms with Crippen LogP contribution in [-0.2, 0) is 20.7 Å². The Balaban J connectivity index is 2.16. The number of hydrogen-bond acceptors (Lipinski definition) is 4. The number of esters is 1. The lowest BCUT2D eigenvalue weighted by atomic mass is 10.1. The molecule has 1 N–H and O–H groups in total. The minimum Gasteiger partial charge on any atom is -0.467 e. The number of thiophene rings is 1. The van der Waals surface area contributed by atoms with Crippen molar-refractivity contribution in [2.45, 2.75) is 12.5 Å². The third-order valence-corrected chi connectivity index (χ3v) is 4.09. The highest BCUT2D eigenvalue weighted by Crippen LogP contribution is 2.24. The molecule has 0 aliphatic heterocycles. The number of ether oxygens (including phenoxy) is 1. The summed E-state index contributed by atoms with van der Waals surface area (Å²) in [5.74, 6) is -0.810. The Hall–Kier alpha value is -1.85. The van der Waals surface area contributed by atoms with Crippen LogP contribution in [0.25, 0.3) is 0 Å². The fourth-order valence-corrected chi connectivity index (χ4v) is 2.82. The van der Waals surface area contributed by atoms with Crippen molar-refractivity contribution >= 4 is 34.8 Å². The van der Waals surface area contributed by atoms with E-state index in [1.807, 2.05) is 17.5 Å².